The Bertz CT molecular complexity index is 727. The maximum atomic E-state index is 11.7. The van der Waals surface area contributed by atoms with Gasteiger partial charge in [-0.05, 0) is 30.2 Å². The molecule has 2 unspecified atom stereocenters. The van der Waals surface area contributed by atoms with Crippen molar-refractivity contribution >= 4 is 29.2 Å². The lowest BCUT2D eigenvalue weighted by atomic mass is 10.1. The van der Waals surface area contributed by atoms with E-state index < -0.39 is 12.0 Å². The smallest absolute Gasteiger partial charge is 0.325 e. The van der Waals surface area contributed by atoms with Gasteiger partial charge in [0.1, 0.15) is 17.9 Å². The van der Waals surface area contributed by atoms with Gasteiger partial charge in [0, 0.05) is 31.5 Å². The van der Waals surface area contributed by atoms with Crippen molar-refractivity contribution in [2.75, 3.05) is 13.1 Å². The minimum absolute atomic E-state index is 0.0965. The van der Waals surface area contributed by atoms with Crippen LogP contribution in [0.3, 0.4) is 0 Å². The molecule has 7 heteroatoms. The van der Waals surface area contributed by atoms with Crippen LogP contribution in [0.2, 0.25) is 10.0 Å². The van der Waals surface area contributed by atoms with Gasteiger partial charge in [-0.25, -0.2) is 0 Å². The van der Waals surface area contributed by atoms with Crippen LogP contribution < -0.4 is 4.74 Å². The van der Waals surface area contributed by atoms with E-state index in [1.165, 1.54) is 0 Å². The molecule has 3 rings (SSSR count). The number of aromatic nitrogens is 1. The van der Waals surface area contributed by atoms with Crippen LogP contribution in [0.4, 0.5) is 0 Å². The lowest BCUT2D eigenvalue weighted by molar-refractivity contribution is -0.143. The number of pyridine rings is 1. The quantitative estimate of drug-likeness (QED) is 0.874. The molecular formula is C17H16Cl2N2O3. The number of aliphatic carboxylic acids is 1. The summed E-state index contributed by atoms with van der Waals surface area (Å²) < 4.78 is 5.91. The lowest BCUT2D eigenvalue weighted by Gasteiger charge is -2.24. The zero-order valence-corrected chi connectivity index (χ0v) is 14.2. The second-order valence-electron chi connectivity index (χ2n) is 5.63. The first-order valence-corrected chi connectivity index (χ1v) is 8.28. The summed E-state index contributed by atoms with van der Waals surface area (Å²) in [4.78, 5) is 17.6. The van der Waals surface area contributed by atoms with Gasteiger partial charge in [0.15, 0.2) is 0 Å². The van der Waals surface area contributed by atoms with E-state index in [4.69, 9.17) is 27.9 Å². The van der Waals surface area contributed by atoms with Gasteiger partial charge in [0.05, 0.1) is 10.0 Å². The summed E-state index contributed by atoms with van der Waals surface area (Å²) in [6.45, 7) is 1.16. The van der Waals surface area contributed by atoms with E-state index in [1.807, 2.05) is 4.90 Å². The number of ether oxygens (including phenoxy) is 1. The molecule has 1 N–H and O–H groups in total. The SMILES string of the molecule is O=C(O)C(c1cccnc1)N1CCC(Oc2ccc(Cl)c(Cl)c2)C1. The van der Waals surface area contributed by atoms with E-state index in [1.54, 1.807) is 42.7 Å². The van der Waals surface area contributed by atoms with Crippen LogP contribution in [0.5, 0.6) is 5.75 Å². The number of carboxylic acids is 1. The van der Waals surface area contributed by atoms with Gasteiger partial charge < -0.3 is 9.84 Å². The first-order chi connectivity index (χ1) is 11.5. The van der Waals surface area contributed by atoms with Crippen molar-refractivity contribution in [1.29, 1.82) is 0 Å². The summed E-state index contributed by atoms with van der Waals surface area (Å²) >= 11 is 11.9. The Morgan fingerprint density at radius 2 is 2.17 bits per heavy atom. The molecule has 0 saturated carbocycles. The Morgan fingerprint density at radius 3 is 2.83 bits per heavy atom. The highest BCUT2D eigenvalue weighted by atomic mass is 35.5. The molecule has 5 nitrogen and oxygen atoms in total. The molecule has 0 aliphatic carbocycles. The summed E-state index contributed by atoms with van der Waals surface area (Å²) in [5, 5.41) is 10.5. The average Bonchev–Trinajstić information content (AvgIpc) is 3.00. The van der Waals surface area contributed by atoms with E-state index in [0.29, 0.717) is 34.4 Å². The van der Waals surface area contributed by atoms with Crippen LogP contribution in [-0.4, -0.2) is 40.2 Å². The van der Waals surface area contributed by atoms with Crippen LogP contribution in [0, 0.1) is 0 Å². The highest BCUT2D eigenvalue weighted by Gasteiger charge is 2.34. The van der Waals surface area contributed by atoms with Crippen LogP contribution >= 0.6 is 23.2 Å². The largest absolute Gasteiger partial charge is 0.489 e. The van der Waals surface area contributed by atoms with E-state index in [9.17, 15) is 9.90 Å². The summed E-state index contributed by atoms with van der Waals surface area (Å²) in [6, 6.07) is 7.90. The molecule has 1 saturated heterocycles. The summed E-state index contributed by atoms with van der Waals surface area (Å²) in [5.41, 5.74) is 0.667. The molecule has 2 atom stereocenters. The molecule has 1 fully saturated rings. The van der Waals surface area contributed by atoms with Crippen LogP contribution in [0.15, 0.2) is 42.7 Å². The molecule has 1 aliphatic heterocycles. The molecule has 0 amide bonds. The fraction of sp³-hybridized carbons (Fsp3) is 0.294. The minimum atomic E-state index is -0.891. The van der Waals surface area contributed by atoms with Gasteiger partial charge in [0.2, 0.25) is 0 Å². The Hall–Kier alpha value is -1.82. The van der Waals surface area contributed by atoms with Gasteiger partial charge >= 0.3 is 5.97 Å². The molecule has 0 bridgehead atoms. The van der Waals surface area contributed by atoms with Gasteiger partial charge in [-0.15, -0.1) is 0 Å². The molecule has 0 radical (unpaired) electrons. The Balaban J connectivity index is 1.69. The van der Waals surface area contributed by atoms with Crippen LogP contribution in [-0.2, 0) is 4.79 Å². The molecule has 1 aromatic carbocycles. The first kappa shape index (κ1) is 17.0. The second-order valence-corrected chi connectivity index (χ2v) is 6.44. The third-order valence-corrected chi connectivity index (χ3v) is 4.71. The monoisotopic (exact) mass is 366 g/mol. The topological polar surface area (TPSA) is 62.7 Å². The summed E-state index contributed by atoms with van der Waals surface area (Å²) in [5.74, 6) is -0.261. The highest BCUT2D eigenvalue weighted by molar-refractivity contribution is 6.42. The molecular weight excluding hydrogens is 351 g/mol. The van der Waals surface area contributed by atoms with Crippen LogP contribution in [0.25, 0.3) is 0 Å². The van der Waals surface area contributed by atoms with Gasteiger partial charge in [0.25, 0.3) is 0 Å². The summed E-state index contributed by atoms with van der Waals surface area (Å²) in [6.07, 6.45) is 3.86. The third-order valence-electron chi connectivity index (χ3n) is 3.97. The number of benzene rings is 1. The fourth-order valence-corrected chi connectivity index (χ4v) is 3.16. The van der Waals surface area contributed by atoms with Crippen molar-refractivity contribution in [3.8, 4) is 5.75 Å². The maximum absolute atomic E-state index is 11.7. The summed E-state index contributed by atoms with van der Waals surface area (Å²) in [7, 11) is 0. The maximum Gasteiger partial charge on any atom is 0.325 e. The number of likely N-dealkylation sites (tertiary alicyclic amines) is 1. The van der Waals surface area contributed by atoms with E-state index >= 15 is 0 Å². The number of carbonyl (C=O) groups is 1. The van der Waals surface area contributed by atoms with Crippen molar-refractivity contribution in [2.24, 2.45) is 0 Å². The molecule has 0 spiro atoms. The molecule has 2 aromatic rings. The van der Waals surface area contributed by atoms with E-state index in [2.05, 4.69) is 4.98 Å². The van der Waals surface area contributed by atoms with Gasteiger partial charge in [-0.3, -0.25) is 14.7 Å². The zero-order chi connectivity index (χ0) is 17.1. The molecule has 1 aliphatic rings. The number of rotatable bonds is 5. The molecule has 126 valence electrons. The van der Waals surface area contributed by atoms with Crippen molar-refractivity contribution in [3.05, 3.63) is 58.3 Å². The number of halogens is 2. The Morgan fingerprint density at radius 1 is 1.33 bits per heavy atom. The fourth-order valence-electron chi connectivity index (χ4n) is 2.87. The highest BCUT2D eigenvalue weighted by Crippen LogP contribution is 2.30. The average molecular weight is 367 g/mol. The van der Waals surface area contributed by atoms with E-state index in [0.717, 1.165) is 6.42 Å². The normalized spacial score (nSPS) is 19.2. The van der Waals surface area contributed by atoms with Crippen molar-refractivity contribution in [1.82, 2.24) is 9.88 Å². The van der Waals surface area contributed by atoms with Crippen molar-refractivity contribution in [3.63, 3.8) is 0 Å². The lowest BCUT2D eigenvalue weighted by Crippen LogP contribution is -2.34. The third kappa shape index (κ3) is 3.80. The van der Waals surface area contributed by atoms with E-state index in [-0.39, 0.29) is 6.10 Å². The molecule has 24 heavy (non-hydrogen) atoms. The Kier molecular flexibility index (Phi) is 5.23. The van der Waals surface area contributed by atoms with Gasteiger partial charge in [-0.2, -0.15) is 0 Å². The number of hydrogen-bond donors (Lipinski definition) is 1. The standard InChI is InChI=1S/C17H16Cl2N2O3/c18-14-4-3-12(8-15(14)19)24-13-5-7-21(10-13)16(17(22)23)11-2-1-6-20-9-11/h1-4,6,8-9,13,16H,5,7,10H2,(H,22,23). The van der Waals surface area contributed by atoms with Crippen molar-refractivity contribution in [2.45, 2.75) is 18.6 Å². The first-order valence-electron chi connectivity index (χ1n) is 7.53. The molecule has 1 aromatic heterocycles. The molecule has 2 heterocycles. The predicted molar refractivity (Wildman–Crippen MR) is 91.7 cm³/mol. The van der Waals surface area contributed by atoms with Gasteiger partial charge in [-0.1, -0.05) is 29.3 Å². The number of carboxylic acid groups (broad SMARTS) is 1. The minimum Gasteiger partial charge on any atom is -0.489 e. The number of nitrogens with zero attached hydrogens (tertiary/aromatic N) is 2. The second kappa shape index (κ2) is 7.38. The Labute approximate surface area is 149 Å². The predicted octanol–water partition coefficient (Wildman–Crippen LogP) is 3.67. The zero-order valence-electron chi connectivity index (χ0n) is 12.7. The van der Waals surface area contributed by atoms with Crippen molar-refractivity contribution < 1.29 is 14.6 Å². The number of hydrogen-bond acceptors (Lipinski definition) is 4. The van der Waals surface area contributed by atoms with Crippen LogP contribution in [0.1, 0.15) is 18.0 Å².